The van der Waals surface area contributed by atoms with E-state index in [0.29, 0.717) is 5.84 Å². The molecular weight excluding hydrogens is 520 g/mol. The van der Waals surface area contributed by atoms with Crippen molar-refractivity contribution in [3.63, 3.8) is 0 Å². The third kappa shape index (κ3) is 4.12. The topological polar surface area (TPSA) is 36.2 Å². The van der Waals surface area contributed by atoms with Crippen LogP contribution in [0.5, 0.6) is 0 Å². The molecule has 2 heteroatoms. The highest BCUT2D eigenvalue weighted by molar-refractivity contribution is 6.16. The number of fused-ring (bicyclic) bond motifs is 4. The van der Waals surface area contributed by atoms with Gasteiger partial charge in [-0.15, -0.1) is 0 Å². The zero-order chi connectivity index (χ0) is 31.2. The molecule has 3 aliphatic rings. The first kappa shape index (κ1) is 29.5. The van der Waals surface area contributed by atoms with E-state index in [1.165, 1.54) is 38.9 Å². The van der Waals surface area contributed by atoms with Crippen LogP contribution in [0.1, 0.15) is 115 Å². The number of hydrogen-bond donors (Lipinski definition) is 1. The van der Waals surface area contributed by atoms with Crippen LogP contribution in [-0.4, -0.2) is 11.5 Å². The number of nitrogens with zero attached hydrogens (tertiary/aromatic N) is 1. The Balaban J connectivity index is 1.52. The molecule has 0 radical (unpaired) electrons. The van der Waals surface area contributed by atoms with Crippen molar-refractivity contribution in [1.29, 1.82) is 5.41 Å². The van der Waals surface area contributed by atoms with Gasteiger partial charge in [0, 0.05) is 16.4 Å². The zero-order valence-electron chi connectivity index (χ0n) is 27.9. The van der Waals surface area contributed by atoms with Crippen molar-refractivity contribution in [2.24, 2.45) is 10.4 Å². The van der Waals surface area contributed by atoms with Crippen LogP contribution in [0.15, 0.2) is 89.5 Å². The van der Waals surface area contributed by atoms with E-state index in [1.54, 1.807) is 0 Å². The summed E-state index contributed by atoms with van der Waals surface area (Å²) >= 11 is 0. The van der Waals surface area contributed by atoms with Gasteiger partial charge in [0.1, 0.15) is 0 Å². The summed E-state index contributed by atoms with van der Waals surface area (Å²) in [6.45, 7) is 23.8. The summed E-state index contributed by atoms with van der Waals surface area (Å²) in [6, 6.07) is 22.6. The molecule has 0 aromatic heterocycles. The highest BCUT2D eigenvalue weighted by Crippen LogP contribution is 2.63. The van der Waals surface area contributed by atoms with E-state index in [2.05, 4.69) is 142 Å². The minimum Gasteiger partial charge on any atom is -0.282 e. The minimum atomic E-state index is -0.392. The maximum absolute atomic E-state index is 9.02. The van der Waals surface area contributed by atoms with Gasteiger partial charge < -0.3 is 0 Å². The predicted molar refractivity (Wildman–Crippen MR) is 184 cm³/mol. The maximum atomic E-state index is 9.02. The average molecular weight is 569 g/mol. The Morgan fingerprint density at radius 2 is 1.35 bits per heavy atom. The molecule has 0 amide bonds. The van der Waals surface area contributed by atoms with Gasteiger partial charge in [0.05, 0.1) is 5.71 Å². The van der Waals surface area contributed by atoms with Crippen molar-refractivity contribution < 1.29 is 0 Å². The van der Waals surface area contributed by atoms with Crippen LogP contribution >= 0.6 is 0 Å². The van der Waals surface area contributed by atoms with Crippen LogP contribution in [0.4, 0.5) is 0 Å². The van der Waals surface area contributed by atoms with Gasteiger partial charge >= 0.3 is 0 Å². The number of allylic oxidation sites excluding steroid dienone is 2. The Hall–Kier alpha value is -3.52. The molecule has 43 heavy (non-hydrogen) atoms. The van der Waals surface area contributed by atoms with E-state index in [4.69, 9.17) is 10.4 Å². The third-order valence-corrected chi connectivity index (χ3v) is 12.1. The fourth-order valence-electron chi connectivity index (χ4n) is 7.94. The second kappa shape index (κ2) is 9.49. The number of hydrogen-bond acceptors (Lipinski definition) is 1. The summed E-state index contributed by atoms with van der Waals surface area (Å²) in [6.07, 6.45) is 8.33. The van der Waals surface area contributed by atoms with Crippen LogP contribution in [0.3, 0.4) is 0 Å². The molecule has 0 saturated heterocycles. The van der Waals surface area contributed by atoms with E-state index >= 15 is 0 Å². The van der Waals surface area contributed by atoms with Crippen molar-refractivity contribution >= 4 is 11.5 Å². The molecule has 1 N–H and O–H groups in total. The van der Waals surface area contributed by atoms with Gasteiger partial charge in [-0.05, 0) is 85.7 Å². The Labute approximate surface area is 259 Å². The first-order valence-electron chi connectivity index (χ1n) is 16.0. The molecule has 0 fully saturated rings. The first-order chi connectivity index (χ1) is 20.0. The molecule has 222 valence electrons. The lowest BCUT2D eigenvalue weighted by Gasteiger charge is -2.44. The number of aliphatic imine (C=N–C) groups is 1. The Kier molecular flexibility index (Phi) is 6.52. The lowest BCUT2D eigenvalue weighted by atomic mass is 9.59. The molecular formula is C41H48N2. The quantitative estimate of drug-likeness (QED) is 0.240. The molecule has 0 aliphatic heterocycles. The Morgan fingerprint density at radius 3 is 1.98 bits per heavy atom. The molecule has 0 bridgehead atoms. The van der Waals surface area contributed by atoms with Gasteiger partial charge in [-0.2, -0.15) is 0 Å². The number of nitrogens with one attached hydrogen (secondary N) is 1. The van der Waals surface area contributed by atoms with Crippen molar-refractivity contribution in [2.45, 2.75) is 104 Å². The van der Waals surface area contributed by atoms with E-state index in [9.17, 15) is 0 Å². The van der Waals surface area contributed by atoms with Gasteiger partial charge in [-0.1, -0.05) is 136 Å². The van der Waals surface area contributed by atoms with Gasteiger partial charge in [-0.3, -0.25) is 5.41 Å². The number of amidine groups is 1. The molecule has 0 spiro atoms. The lowest BCUT2D eigenvalue weighted by molar-refractivity contribution is 0.125. The molecule has 0 heterocycles. The van der Waals surface area contributed by atoms with Crippen LogP contribution in [0.2, 0.25) is 0 Å². The van der Waals surface area contributed by atoms with Gasteiger partial charge in [0.15, 0.2) is 5.84 Å². The number of rotatable bonds is 4. The molecule has 0 unspecified atom stereocenters. The smallest absolute Gasteiger partial charge is 0.151 e. The Morgan fingerprint density at radius 1 is 0.721 bits per heavy atom. The average Bonchev–Trinajstić information content (AvgIpc) is 3.26. The third-order valence-electron chi connectivity index (χ3n) is 12.1. The summed E-state index contributed by atoms with van der Waals surface area (Å²) in [4.78, 5) is 5.13. The highest BCUT2D eigenvalue weighted by Gasteiger charge is 2.57. The first-order valence-corrected chi connectivity index (χ1v) is 16.0. The number of benzene rings is 3. The maximum Gasteiger partial charge on any atom is 0.151 e. The Bertz CT molecular complexity index is 1740. The molecule has 3 aromatic rings. The second-order valence-corrected chi connectivity index (χ2v) is 15.6. The largest absolute Gasteiger partial charge is 0.282 e. The van der Waals surface area contributed by atoms with Crippen molar-refractivity contribution in [3.05, 3.63) is 118 Å². The van der Waals surface area contributed by atoms with Gasteiger partial charge in [0.25, 0.3) is 0 Å². The molecule has 3 aliphatic carbocycles. The van der Waals surface area contributed by atoms with E-state index in [-0.39, 0.29) is 21.7 Å². The summed E-state index contributed by atoms with van der Waals surface area (Å²) in [7, 11) is 0. The fraction of sp³-hybridized carbons (Fsp3) is 0.415. The molecule has 0 atom stereocenters. The van der Waals surface area contributed by atoms with E-state index in [0.717, 1.165) is 29.7 Å². The van der Waals surface area contributed by atoms with E-state index in [1.807, 2.05) is 6.08 Å². The van der Waals surface area contributed by atoms with Gasteiger partial charge in [-0.25, -0.2) is 4.99 Å². The second-order valence-electron chi connectivity index (χ2n) is 15.6. The van der Waals surface area contributed by atoms with Crippen LogP contribution in [0, 0.1) is 10.8 Å². The summed E-state index contributed by atoms with van der Waals surface area (Å²) in [5.74, 6) is 0.335. The van der Waals surface area contributed by atoms with Gasteiger partial charge in [0.2, 0.25) is 0 Å². The standard InChI is InChI=1S/C41H48N2/c1-37(2,28-19-15-12-16-20-28)35(43-36(42)26-17-13-11-14-18-26)27-21-22-29-30-24-33-34(25-32(30)38(3,4)31(29)23-27)40(7,8)41(9,10)39(33,5)6/h12-13,15-25,42H,11,14H2,1-10H3. The van der Waals surface area contributed by atoms with E-state index < -0.39 is 5.41 Å². The molecule has 0 saturated carbocycles. The van der Waals surface area contributed by atoms with Crippen LogP contribution in [-0.2, 0) is 21.7 Å². The summed E-state index contributed by atoms with van der Waals surface area (Å²) in [5, 5.41) is 9.02. The molecule has 3 aromatic carbocycles. The normalized spacial score (nSPS) is 20.7. The van der Waals surface area contributed by atoms with Crippen LogP contribution < -0.4 is 0 Å². The van der Waals surface area contributed by atoms with Crippen molar-refractivity contribution in [3.8, 4) is 11.1 Å². The van der Waals surface area contributed by atoms with Crippen molar-refractivity contribution in [1.82, 2.24) is 0 Å². The monoisotopic (exact) mass is 568 g/mol. The summed E-state index contributed by atoms with van der Waals surface area (Å²) in [5.41, 5.74) is 12.3. The predicted octanol–water partition coefficient (Wildman–Crippen LogP) is 10.6. The molecule has 6 rings (SSSR count). The lowest BCUT2D eigenvalue weighted by Crippen LogP contribution is -2.42. The SMILES string of the molecule is CC(C)(C(=NC(=N)C1=CCCC=C1)c1ccc2c(c1)C(C)(C)c1cc3c(cc1-2)C(C)(C)C(C)(C)C3(C)C)c1ccccc1. The van der Waals surface area contributed by atoms with Crippen LogP contribution in [0.25, 0.3) is 11.1 Å². The minimum absolute atomic E-state index is 0.0653. The summed E-state index contributed by atoms with van der Waals surface area (Å²) < 4.78 is 0. The fourth-order valence-corrected chi connectivity index (χ4v) is 7.94. The highest BCUT2D eigenvalue weighted by atomic mass is 14.8. The van der Waals surface area contributed by atoms with Crippen molar-refractivity contribution in [2.75, 3.05) is 0 Å². The zero-order valence-corrected chi connectivity index (χ0v) is 27.9. The molecule has 2 nitrogen and oxygen atoms in total.